The number of hydrogen-bond acceptors (Lipinski definition) is 1. The molecule has 0 aliphatic carbocycles. The van der Waals surface area contributed by atoms with Gasteiger partial charge in [0.05, 0.1) is 0 Å². The molecule has 0 aliphatic heterocycles. The second-order valence-electron chi connectivity index (χ2n) is 6.52. The summed E-state index contributed by atoms with van der Waals surface area (Å²) >= 11 is 0. The maximum Gasteiger partial charge on any atom is 2.00 e. The molecule has 0 aromatic carbocycles. The zero-order valence-corrected chi connectivity index (χ0v) is 20.4. The standard InChI is InChI=1S/C16H36NP2.CO.Mo.NO/c1-13(2)18(14(3)4)11-9-17-10-12-19(15(5)6)16(7)8;1-2;;1-2/h13-16H,9-12H2,1-8H3;;;/q-1;;+2;-1. The molecule has 0 saturated heterocycles. The van der Waals surface area contributed by atoms with Crippen LogP contribution in [0.25, 0.3) is 10.9 Å². The van der Waals surface area contributed by atoms with E-state index in [1.54, 1.807) is 0 Å². The number of rotatable bonds is 10. The molecule has 4 nitrogen and oxygen atoms in total. The molecule has 7 heteroatoms. The molecule has 0 rings (SSSR count). The average molecular weight is 458 g/mol. The zero-order valence-electron chi connectivity index (χ0n) is 16.7. The van der Waals surface area contributed by atoms with Gasteiger partial charge < -0.3 is 15.8 Å². The number of hydrogen-bond donors (Lipinski definition) is 0. The van der Waals surface area contributed by atoms with E-state index in [9.17, 15) is 0 Å². The van der Waals surface area contributed by atoms with E-state index in [0.717, 1.165) is 35.7 Å². The molecule has 0 spiro atoms. The van der Waals surface area contributed by atoms with Crippen molar-refractivity contribution < 1.29 is 25.7 Å². The predicted octanol–water partition coefficient (Wildman–Crippen LogP) is 6.24. The van der Waals surface area contributed by atoms with Crippen LogP contribution in [0.5, 0.6) is 0 Å². The fourth-order valence-electron chi connectivity index (χ4n) is 2.71. The molecule has 142 valence electrons. The van der Waals surface area contributed by atoms with Gasteiger partial charge in [0.15, 0.2) is 0 Å². The Labute approximate surface area is 167 Å². The Hall–Kier alpha value is 0.848. The van der Waals surface area contributed by atoms with E-state index in [1.165, 1.54) is 12.3 Å². The maximum absolute atomic E-state index is 7.50. The van der Waals surface area contributed by atoms with Crippen molar-refractivity contribution in [2.24, 2.45) is 0 Å². The summed E-state index contributed by atoms with van der Waals surface area (Å²) in [5, 5.41) is 4.81. The van der Waals surface area contributed by atoms with Crippen LogP contribution in [0.2, 0.25) is 0 Å². The van der Waals surface area contributed by atoms with Gasteiger partial charge in [0.1, 0.15) is 0 Å². The summed E-state index contributed by atoms with van der Waals surface area (Å²) in [4.78, 5) is 7.25. The Morgan fingerprint density at radius 2 is 0.958 bits per heavy atom. The van der Waals surface area contributed by atoms with Gasteiger partial charge in [0, 0.05) is 0 Å². The fourth-order valence-corrected chi connectivity index (χ4v) is 7.90. The largest absolute Gasteiger partial charge is 2.00 e. The van der Waals surface area contributed by atoms with Gasteiger partial charge in [-0.05, 0) is 22.6 Å². The molecule has 0 amide bonds. The van der Waals surface area contributed by atoms with E-state index in [1.807, 2.05) is 0 Å². The molecule has 24 heavy (non-hydrogen) atoms. The first kappa shape index (κ1) is 32.5. The van der Waals surface area contributed by atoms with Crippen LogP contribution in [-0.2, 0) is 25.7 Å². The molecule has 0 radical (unpaired) electrons. The van der Waals surface area contributed by atoms with Crippen molar-refractivity contribution in [3.63, 3.8) is 0 Å². The van der Waals surface area contributed by atoms with Gasteiger partial charge >= 0.3 is 32.4 Å². The quantitative estimate of drug-likeness (QED) is 0.126. The zero-order chi connectivity index (χ0) is 19.0. The molecule has 0 aliphatic rings. The Morgan fingerprint density at radius 1 is 0.750 bits per heavy atom. The van der Waals surface area contributed by atoms with Crippen LogP contribution < -0.4 is 0 Å². The maximum atomic E-state index is 7.50. The normalized spacial score (nSPS) is 10.5. The predicted molar refractivity (Wildman–Crippen MR) is 108 cm³/mol. The Bertz CT molecular complexity index is 241. The molecule has 0 unspecified atom stereocenters. The van der Waals surface area contributed by atoms with E-state index in [-0.39, 0.29) is 36.9 Å². The average Bonchev–Trinajstić information content (AvgIpc) is 2.48. The van der Waals surface area contributed by atoms with E-state index in [2.05, 4.69) is 62.0 Å². The summed E-state index contributed by atoms with van der Waals surface area (Å²) < 4.78 is 7.50. The Morgan fingerprint density at radius 3 is 1.12 bits per heavy atom. The molecular weight excluding hydrogens is 422 g/mol. The second kappa shape index (κ2) is 21.9. The summed E-state index contributed by atoms with van der Waals surface area (Å²) in [7, 11) is 0.352. The molecule has 0 atom stereocenters. The van der Waals surface area contributed by atoms with E-state index in [4.69, 9.17) is 20.5 Å². The summed E-state index contributed by atoms with van der Waals surface area (Å²) in [6, 6.07) is 0. The topological polar surface area (TPSA) is 73.4 Å². The molecule has 0 N–H and O–H groups in total. The van der Waals surface area contributed by atoms with Gasteiger partial charge in [-0.3, -0.25) is 0 Å². The van der Waals surface area contributed by atoms with Crippen LogP contribution in [0.1, 0.15) is 55.4 Å². The van der Waals surface area contributed by atoms with Gasteiger partial charge in [0.25, 0.3) is 0 Å². The molecular formula is C17H36MoN2O2P2. The summed E-state index contributed by atoms with van der Waals surface area (Å²) in [6.45, 7) is 25.7. The van der Waals surface area contributed by atoms with Gasteiger partial charge in [0.2, 0.25) is 0 Å². The summed E-state index contributed by atoms with van der Waals surface area (Å²) in [5.74, 6) is 0. The van der Waals surface area contributed by atoms with Gasteiger partial charge in [-0.25, -0.2) is 0 Å². The fraction of sp³-hybridized carbons (Fsp3) is 0.941. The van der Waals surface area contributed by atoms with Crippen LogP contribution in [0.15, 0.2) is 0 Å². The SMILES string of the molecule is CC(C)P(CC[N-]CCP(C(C)C)C(C)C)C(C)C.[C-]#[O+].[Mo+2].[N-]=O. The van der Waals surface area contributed by atoms with Crippen molar-refractivity contribution in [1.82, 2.24) is 0 Å². The minimum atomic E-state index is 0. The van der Waals surface area contributed by atoms with Crippen LogP contribution in [-0.4, -0.2) is 48.0 Å². The smallest absolute Gasteiger partial charge is 0.577 e. The van der Waals surface area contributed by atoms with Crippen LogP contribution in [0.4, 0.5) is 0 Å². The second-order valence-corrected chi connectivity index (χ2v) is 13.6. The van der Waals surface area contributed by atoms with E-state index >= 15 is 0 Å². The first-order valence-electron chi connectivity index (χ1n) is 8.30. The van der Waals surface area contributed by atoms with Crippen molar-refractivity contribution >= 4 is 15.8 Å². The van der Waals surface area contributed by atoms with E-state index < -0.39 is 0 Å². The van der Waals surface area contributed by atoms with Crippen molar-refractivity contribution in [1.29, 1.82) is 0 Å². The first-order valence-corrected chi connectivity index (χ1v) is 11.6. The van der Waals surface area contributed by atoms with Crippen LogP contribution in [0.3, 0.4) is 0 Å². The van der Waals surface area contributed by atoms with Gasteiger partial charge in [-0.2, -0.15) is 0 Å². The van der Waals surface area contributed by atoms with Crippen LogP contribution in [0, 0.1) is 11.6 Å². The summed E-state index contributed by atoms with van der Waals surface area (Å²) in [5.41, 5.74) is 9.17. The summed E-state index contributed by atoms with van der Waals surface area (Å²) in [6.07, 6.45) is 2.68. The first-order chi connectivity index (χ1) is 10.8. The van der Waals surface area contributed by atoms with Crippen molar-refractivity contribution in [3.8, 4) is 0 Å². The van der Waals surface area contributed by atoms with Crippen molar-refractivity contribution in [2.75, 3.05) is 25.4 Å². The third-order valence-corrected chi connectivity index (χ3v) is 10.4. The van der Waals surface area contributed by atoms with Gasteiger partial charge in [-0.1, -0.05) is 67.7 Å². The third kappa shape index (κ3) is 17.7. The molecule has 0 bridgehead atoms. The molecule has 0 saturated carbocycles. The van der Waals surface area contributed by atoms with Gasteiger partial charge in [-0.15, -0.1) is 28.9 Å². The molecule has 0 fully saturated rings. The van der Waals surface area contributed by atoms with Crippen molar-refractivity contribution in [2.45, 2.75) is 78.0 Å². The molecule has 0 aromatic heterocycles. The molecule has 0 heterocycles. The minimum absolute atomic E-state index is 0. The monoisotopic (exact) mass is 460 g/mol. The van der Waals surface area contributed by atoms with Crippen LogP contribution >= 0.6 is 15.8 Å². The number of nitroso groups, excluding NO2 is 1. The molecule has 0 aromatic rings. The minimum Gasteiger partial charge on any atom is -0.577 e. The van der Waals surface area contributed by atoms with Crippen molar-refractivity contribution in [3.05, 3.63) is 22.5 Å². The third-order valence-electron chi connectivity index (χ3n) is 3.69. The van der Waals surface area contributed by atoms with E-state index in [0.29, 0.717) is 0 Å². The Kier molecular flexibility index (Phi) is 29.7. The Balaban J connectivity index is -0.000000369. The number of nitrogens with zero attached hydrogens (tertiary/aromatic N) is 2.